The molecule has 3 rings (SSSR count). The zero-order valence-corrected chi connectivity index (χ0v) is 17.1. The van der Waals surface area contributed by atoms with Crippen LogP contribution in [0.2, 0.25) is 0 Å². The average Bonchev–Trinajstić information content (AvgIpc) is 2.71. The third kappa shape index (κ3) is 5.55. The number of morpholine rings is 1. The number of carbonyl (C=O) groups excluding carboxylic acids is 2. The van der Waals surface area contributed by atoms with Gasteiger partial charge in [0, 0.05) is 43.7 Å². The van der Waals surface area contributed by atoms with Crippen LogP contribution in [0, 0.1) is 25.7 Å². The van der Waals surface area contributed by atoms with Crippen LogP contribution in [0.3, 0.4) is 0 Å². The zero-order chi connectivity index (χ0) is 19.9. The molecule has 6 heteroatoms. The number of hydrogen-bond donors (Lipinski definition) is 2. The van der Waals surface area contributed by atoms with Crippen molar-refractivity contribution in [1.82, 2.24) is 10.2 Å². The average molecular weight is 388 g/mol. The van der Waals surface area contributed by atoms with E-state index in [1.54, 1.807) is 0 Å². The monoisotopic (exact) mass is 387 g/mol. The number of para-hydroxylation sites is 1. The van der Waals surface area contributed by atoms with E-state index in [9.17, 15) is 9.59 Å². The Morgan fingerprint density at radius 1 is 1.00 bits per heavy atom. The molecular formula is C22H33N3O3. The van der Waals surface area contributed by atoms with E-state index in [0.29, 0.717) is 6.54 Å². The minimum absolute atomic E-state index is 0.00333. The predicted molar refractivity (Wildman–Crippen MR) is 110 cm³/mol. The smallest absolute Gasteiger partial charge is 0.227 e. The maximum atomic E-state index is 12.7. The van der Waals surface area contributed by atoms with Crippen LogP contribution in [0.15, 0.2) is 18.2 Å². The van der Waals surface area contributed by atoms with Gasteiger partial charge in [0.25, 0.3) is 0 Å². The van der Waals surface area contributed by atoms with Gasteiger partial charge in [-0.2, -0.15) is 0 Å². The summed E-state index contributed by atoms with van der Waals surface area (Å²) in [6, 6.07) is 6.03. The normalized spacial score (nSPS) is 23.2. The second-order valence-corrected chi connectivity index (χ2v) is 8.05. The number of nitrogens with zero attached hydrogens (tertiary/aromatic N) is 1. The summed E-state index contributed by atoms with van der Waals surface area (Å²) in [5.74, 6) is 0.260. The van der Waals surface area contributed by atoms with E-state index < -0.39 is 0 Å². The highest BCUT2D eigenvalue weighted by molar-refractivity contribution is 5.94. The van der Waals surface area contributed by atoms with E-state index in [4.69, 9.17) is 4.74 Å². The van der Waals surface area contributed by atoms with E-state index >= 15 is 0 Å². The van der Waals surface area contributed by atoms with Crippen molar-refractivity contribution >= 4 is 17.5 Å². The van der Waals surface area contributed by atoms with Gasteiger partial charge in [-0.05, 0) is 50.7 Å². The maximum Gasteiger partial charge on any atom is 0.227 e. The standard InChI is InChI=1S/C22H33N3O3/c1-16-4-3-5-17(2)20(16)24-22(27)19-8-6-18(7-9-19)21(26)23-10-11-25-12-14-28-15-13-25/h3-5,18-19H,6-15H2,1-2H3,(H,23,26)(H,24,27). The number of nitrogens with one attached hydrogen (secondary N) is 2. The number of carbonyl (C=O) groups is 2. The topological polar surface area (TPSA) is 70.7 Å². The molecule has 1 aliphatic heterocycles. The van der Waals surface area contributed by atoms with Crippen molar-refractivity contribution in [1.29, 1.82) is 0 Å². The van der Waals surface area contributed by atoms with Crippen molar-refractivity contribution < 1.29 is 14.3 Å². The van der Waals surface area contributed by atoms with Crippen LogP contribution in [-0.4, -0.2) is 56.1 Å². The number of amides is 2. The minimum Gasteiger partial charge on any atom is -0.379 e. The van der Waals surface area contributed by atoms with Gasteiger partial charge in [0.05, 0.1) is 13.2 Å². The van der Waals surface area contributed by atoms with Gasteiger partial charge in [-0.25, -0.2) is 0 Å². The first-order valence-corrected chi connectivity index (χ1v) is 10.5. The zero-order valence-electron chi connectivity index (χ0n) is 17.1. The highest BCUT2D eigenvalue weighted by Crippen LogP contribution is 2.30. The molecule has 2 aliphatic rings. The number of ether oxygens (including phenoxy) is 1. The first-order chi connectivity index (χ1) is 13.5. The predicted octanol–water partition coefficient (Wildman–Crippen LogP) is 2.50. The van der Waals surface area contributed by atoms with Crippen molar-refractivity contribution in [3.8, 4) is 0 Å². The fourth-order valence-electron chi connectivity index (χ4n) is 4.16. The van der Waals surface area contributed by atoms with Crippen molar-refractivity contribution in [2.75, 3.05) is 44.7 Å². The van der Waals surface area contributed by atoms with E-state index in [2.05, 4.69) is 15.5 Å². The molecule has 28 heavy (non-hydrogen) atoms. The van der Waals surface area contributed by atoms with Crippen molar-refractivity contribution in [3.63, 3.8) is 0 Å². The number of rotatable bonds is 6. The van der Waals surface area contributed by atoms with Crippen molar-refractivity contribution in [2.45, 2.75) is 39.5 Å². The van der Waals surface area contributed by atoms with E-state index in [0.717, 1.165) is 75.3 Å². The van der Waals surface area contributed by atoms with Crippen LogP contribution < -0.4 is 10.6 Å². The lowest BCUT2D eigenvalue weighted by Crippen LogP contribution is -2.43. The minimum atomic E-state index is -0.00333. The van der Waals surface area contributed by atoms with E-state index in [1.165, 1.54) is 0 Å². The van der Waals surface area contributed by atoms with Crippen LogP contribution in [0.1, 0.15) is 36.8 Å². The second kappa shape index (κ2) is 10.0. The molecule has 2 fully saturated rings. The van der Waals surface area contributed by atoms with Crippen LogP contribution in [0.5, 0.6) is 0 Å². The Balaban J connectivity index is 1.39. The van der Waals surface area contributed by atoms with Gasteiger partial charge in [-0.1, -0.05) is 18.2 Å². The van der Waals surface area contributed by atoms with Crippen LogP contribution in [0.25, 0.3) is 0 Å². The number of benzene rings is 1. The van der Waals surface area contributed by atoms with Gasteiger partial charge in [-0.3, -0.25) is 14.5 Å². The quantitative estimate of drug-likeness (QED) is 0.787. The molecule has 1 aromatic carbocycles. The first-order valence-electron chi connectivity index (χ1n) is 10.5. The van der Waals surface area contributed by atoms with Gasteiger partial charge in [0.1, 0.15) is 0 Å². The number of aryl methyl sites for hydroxylation is 2. The third-order valence-electron chi connectivity index (χ3n) is 6.03. The molecule has 1 aromatic rings. The largest absolute Gasteiger partial charge is 0.379 e. The van der Waals surface area contributed by atoms with Gasteiger partial charge >= 0.3 is 0 Å². The van der Waals surface area contributed by atoms with Crippen LogP contribution in [0.4, 0.5) is 5.69 Å². The summed E-state index contributed by atoms with van der Waals surface area (Å²) in [4.78, 5) is 27.4. The summed E-state index contributed by atoms with van der Waals surface area (Å²) >= 11 is 0. The molecule has 0 spiro atoms. The van der Waals surface area contributed by atoms with Crippen molar-refractivity contribution in [3.05, 3.63) is 29.3 Å². The molecule has 1 saturated carbocycles. The molecule has 6 nitrogen and oxygen atoms in total. The van der Waals surface area contributed by atoms with Gasteiger partial charge in [0.15, 0.2) is 0 Å². The second-order valence-electron chi connectivity index (χ2n) is 8.05. The van der Waals surface area contributed by atoms with E-state index in [-0.39, 0.29) is 23.7 Å². The number of hydrogen-bond acceptors (Lipinski definition) is 4. The fraction of sp³-hybridized carbons (Fsp3) is 0.636. The summed E-state index contributed by atoms with van der Waals surface area (Å²) in [5, 5.41) is 6.18. The Labute approximate surface area is 168 Å². The Hall–Kier alpha value is -1.92. The first kappa shape index (κ1) is 20.8. The summed E-state index contributed by atoms with van der Waals surface area (Å²) in [7, 11) is 0. The molecular weight excluding hydrogens is 354 g/mol. The molecule has 0 aromatic heterocycles. The Kier molecular flexibility index (Phi) is 7.45. The maximum absolute atomic E-state index is 12.7. The summed E-state index contributed by atoms with van der Waals surface area (Å²) in [6.07, 6.45) is 3.12. The van der Waals surface area contributed by atoms with Gasteiger partial charge in [-0.15, -0.1) is 0 Å². The lowest BCUT2D eigenvalue weighted by molar-refractivity contribution is -0.128. The SMILES string of the molecule is Cc1cccc(C)c1NC(=O)C1CCC(C(=O)NCCN2CCOCC2)CC1. The Morgan fingerprint density at radius 3 is 2.18 bits per heavy atom. The van der Waals surface area contributed by atoms with Crippen LogP contribution in [-0.2, 0) is 14.3 Å². The molecule has 0 radical (unpaired) electrons. The third-order valence-corrected chi connectivity index (χ3v) is 6.03. The molecule has 0 atom stereocenters. The lowest BCUT2D eigenvalue weighted by atomic mass is 9.81. The summed E-state index contributed by atoms with van der Waals surface area (Å²) < 4.78 is 5.34. The Morgan fingerprint density at radius 2 is 1.57 bits per heavy atom. The van der Waals surface area contributed by atoms with Crippen LogP contribution >= 0.6 is 0 Å². The molecule has 1 saturated heterocycles. The Bertz CT molecular complexity index is 657. The molecule has 0 unspecified atom stereocenters. The lowest BCUT2D eigenvalue weighted by Gasteiger charge is -2.29. The molecule has 1 aliphatic carbocycles. The molecule has 2 N–H and O–H groups in total. The number of anilines is 1. The molecule has 1 heterocycles. The van der Waals surface area contributed by atoms with E-state index in [1.807, 2.05) is 32.0 Å². The highest BCUT2D eigenvalue weighted by atomic mass is 16.5. The summed E-state index contributed by atoms with van der Waals surface area (Å²) in [6.45, 7) is 9.03. The molecule has 0 bridgehead atoms. The van der Waals surface area contributed by atoms with Gasteiger partial charge in [0.2, 0.25) is 11.8 Å². The van der Waals surface area contributed by atoms with Gasteiger partial charge < -0.3 is 15.4 Å². The highest BCUT2D eigenvalue weighted by Gasteiger charge is 2.30. The van der Waals surface area contributed by atoms with Crippen molar-refractivity contribution in [2.24, 2.45) is 11.8 Å². The fourth-order valence-corrected chi connectivity index (χ4v) is 4.16. The summed E-state index contributed by atoms with van der Waals surface area (Å²) in [5.41, 5.74) is 3.10. The molecule has 2 amide bonds. The molecule has 154 valence electrons.